The van der Waals surface area contributed by atoms with Gasteiger partial charge in [0.25, 0.3) is 0 Å². The molecule has 0 spiro atoms. The number of aryl methyl sites for hydroxylation is 1. The molecule has 1 aromatic rings. The number of rotatable bonds is 7. The summed E-state index contributed by atoms with van der Waals surface area (Å²) < 4.78 is 5.22. The Kier molecular flexibility index (Phi) is 6.72. The van der Waals surface area contributed by atoms with Crippen molar-refractivity contribution < 1.29 is 9.53 Å². The van der Waals surface area contributed by atoms with E-state index in [1.54, 1.807) is 7.11 Å². The zero-order valence-electron chi connectivity index (χ0n) is 13.8. The second-order valence-corrected chi connectivity index (χ2v) is 5.98. The Hall–Kier alpha value is -1.55. The fourth-order valence-electron chi connectivity index (χ4n) is 2.97. The predicted molar refractivity (Wildman–Crippen MR) is 89.2 cm³/mol. The van der Waals surface area contributed by atoms with Crippen LogP contribution in [0.5, 0.6) is 5.75 Å². The fraction of sp³-hybridized carbons (Fsp3) is 0.611. The second-order valence-electron chi connectivity index (χ2n) is 5.98. The van der Waals surface area contributed by atoms with Crippen molar-refractivity contribution in [1.29, 1.82) is 0 Å². The van der Waals surface area contributed by atoms with Crippen molar-refractivity contribution in [3.8, 4) is 5.75 Å². The van der Waals surface area contributed by atoms with Crippen molar-refractivity contribution in [1.82, 2.24) is 10.2 Å². The van der Waals surface area contributed by atoms with Gasteiger partial charge in [0.15, 0.2) is 0 Å². The molecule has 2 rings (SSSR count). The van der Waals surface area contributed by atoms with Gasteiger partial charge < -0.3 is 15.0 Å². The summed E-state index contributed by atoms with van der Waals surface area (Å²) in [6, 6.07) is 7.97. The van der Waals surface area contributed by atoms with Gasteiger partial charge in [0, 0.05) is 19.5 Å². The quantitative estimate of drug-likeness (QED) is 0.841. The Labute approximate surface area is 133 Å². The van der Waals surface area contributed by atoms with Crippen LogP contribution in [-0.4, -0.2) is 44.1 Å². The molecule has 0 atom stereocenters. The largest absolute Gasteiger partial charge is 0.497 e. The van der Waals surface area contributed by atoms with Crippen LogP contribution in [0.15, 0.2) is 24.3 Å². The number of hydrogen-bond donors (Lipinski definition) is 1. The molecule has 4 nitrogen and oxygen atoms in total. The molecule has 122 valence electrons. The highest BCUT2D eigenvalue weighted by atomic mass is 16.5. The molecular weight excluding hydrogens is 276 g/mol. The van der Waals surface area contributed by atoms with Crippen LogP contribution in [0.2, 0.25) is 0 Å². The minimum atomic E-state index is 0.282. The summed E-state index contributed by atoms with van der Waals surface area (Å²) in [5.41, 5.74) is 1.16. The van der Waals surface area contributed by atoms with Crippen LogP contribution >= 0.6 is 0 Å². The van der Waals surface area contributed by atoms with Crippen molar-refractivity contribution in [2.75, 3.05) is 33.3 Å². The predicted octanol–water partition coefficient (Wildman–Crippen LogP) is 2.48. The van der Waals surface area contributed by atoms with Gasteiger partial charge in [-0.1, -0.05) is 19.1 Å². The summed E-state index contributed by atoms with van der Waals surface area (Å²) in [6.45, 7) is 6.07. The van der Waals surface area contributed by atoms with E-state index in [2.05, 4.69) is 18.3 Å². The van der Waals surface area contributed by atoms with Crippen molar-refractivity contribution in [2.24, 2.45) is 5.92 Å². The highest BCUT2D eigenvalue weighted by Gasteiger charge is 2.22. The maximum absolute atomic E-state index is 12.3. The average Bonchev–Trinajstić information content (AvgIpc) is 2.58. The topological polar surface area (TPSA) is 41.6 Å². The Morgan fingerprint density at radius 2 is 2.14 bits per heavy atom. The lowest BCUT2D eigenvalue weighted by Gasteiger charge is -2.32. The van der Waals surface area contributed by atoms with E-state index < -0.39 is 0 Å². The van der Waals surface area contributed by atoms with Crippen LogP contribution in [0.3, 0.4) is 0 Å². The molecule has 0 saturated carbocycles. The van der Waals surface area contributed by atoms with Crippen LogP contribution in [0.1, 0.15) is 31.7 Å². The molecule has 1 aliphatic rings. The molecule has 1 heterocycles. The SMILES string of the molecule is CCNCC1CCN(C(=O)CCc2cccc(OC)c2)CC1. The van der Waals surface area contributed by atoms with E-state index in [4.69, 9.17) is 4.74 Å². The first kappa shape index (κ1) is 16.8. The summed E-state index contributed by atoms with van der Waals surface area (Å²) in [7, 11) is 1.67. The van der Waals surface area contributed by atoms with Crippen LogP contribution in [0, 0.1) is 5.92 Å². The van der Waals surface area contributed by atoms with Crippen molar-refractivity contribution >= 4 is 5.91 Å². The number of ether oxygens (including phenoxy) is 1. The van der Waals surface area contributed by atoms with Gasteiger partial charge in [0.1, 0.15) is 5.75 Å². The number of piperidine rings is 1. The maximum Gasteiger partial charge on any atom is 0.222 e. The monoisotopic (exact) mass is 304 g/mol. The Bertz CT molecular complexity index is 468. The van der Waals surface area contributed by atoms with Crippen LogP contribution < -0.4 is 10.1 Å². The van der Waals surface area contributed by atoms with E-state index >= 15 is 0 Å². The summed E-state index contributed by atoms with van der Waals surface area (Å²) in [6.07, 6.45) is 3.62. The second kappa shape index (κ2) is 8.79. The first-order valence-electron chi connectivity index (χ1n) is 8.34. The van der Waals surface area contributed by atoms with Gasteiger partial charge in [-0.2, -0.15) is 0 Å². The third-order valence-corrected chi connectivity index (χ3v) is 4.41. The number of benzene rings is 1. The minimum absolute atomic E-state index is 0.282. The van der Waals surface area contributed by atoms with Gasteiger partial charge >= 0.3 is 0 Å². The molecule has 1 aliphatic heterocycles. The minimum Gasteiger partial charge on any atom is -0.497 e. The number of nitrogens with one attached hydrogen (secondary N) is 1. The number of likely N-dealkylation sites (tertiary alicyclic amines) is 1. The zero-order chi connectivity index (χ0) is 15.8. The molecule has 1 aromatic carbocycles. The molecule has 0 unspecified atom stereocenters. The van der Waals surface area contributed by atoms with E-state index in [1.807, 2.05) is 23.1 Å². The number of carbonyl (C=O) groups is 1. The molecule has 0 aliphatic carbocycles. The molecule has 1 amide bonds. The van der Waals surface area contributed by atoms with Crippen LogP contribution in [0.25, 0.3) is 0 Å². The van der Waals surface area contributed by atoms with E-state index in [0.717, 1.165) is 62.7 Å². The standard InChI is InChI=1S/C18H28N2O2/c1-3-19-14-16-9-11-20(12-10-16)18(21)8-7-15-5-4-6-17(13-15)22-2/h4-6,13,16,19H,3,7-12,14H2,1-2H3. The van der Waals surface area contributed by atoms with E-state index in [9.17, 15) is 4.79 Å². The lowest BCUT2D eigenvalue weighted by molar-refractivity contribution is -0.132. The fourth-order valence-corrected chi connectivity index (χ4v) is 2.97. The lowest BCUT2D eigenvalue weighted by atomic mass is 9.96. The molecule has 1 N–H and O–H groups in total. The smallest absolute Gasteiger partial charge is 0.222 e. The summed E-state index contributed by atoms with van der Waals surface area (Å²) in [5.74, 6) is 1.86. The molecule has 1 saturated heterocycles. The number of methoxy groups -OCH3 is 1. The van der Waals surface area contributed by atoms with Gasteiger partial charge in [-0.05, 0) is 56.0 Å². The highest BCUT2D eigenvalue weighted by Crippen LogP contribution is 2.18. The molecule has 1 fully saturated rings. The van der Waals surface area contributed by atoms with Crippen molar-refractivity contribution in [3.63, 3.8) is 0 Å². The van der Waals surface area contributed by atoms with E-state index in [1.165, 1.54) is 0 Å². The Morgan fingerprint density at radius 1 is 1.36 bits per heavy atom. The first-order valence-corrected chi connectivity index (χ1v) is 8.34. The number of hydrogen-bond acceptors (Lipinski definition) is 3. The van der Waals surface area contributed by atoms with Gasteiger partial charge in [0.05, 0.1) is 7.11 Å². The molecule has 4 heteroatoms. The van der Waals surface area contributed by atoms with Crippen molar-refractivity contribution in [2.45, 2.75) is 32.6 Å². The van der Waals surface area contributed by atoms with Crippen molar-refractivity contribution in [3.05, 3.63) is 29.8 Å². The van der Waals surface area contributed by atoms with Crippen LogP contribution in [0.4, 0.5) is 0 Å². The van der Waals surface area contributed by atoms with Gasteiger partial charge in [-0.15, -0.1) is 0 Å². The number of carbonyl (C=O) groups excluding carboxylic acids is 1. The summed E-state index contributed by atoms with van der Waals surface area (Å²) >= 11 is 0. The molecular formula is C18H28N2O2. The normalized spacial score (nSPS) is 15.8. The van der Waals surface area contributed by atoms with E-state index in [0.29, 0.717) is 6.42 Å². The highest BCUT2D eigenvalue weighted by molar-refractivity contribution is 5.76. The Balaban J connectivity index is 1.74. The molecule has 0 bridgehead atoms. The molecule has 0 radical (unpaired) electrons. The van der Waals surface area contributed by atoms with E-state index in [-0.39, 0.29) is 5.91 Å². The molecule has 0 aromatic heterocycles. The zero-order valence-corrected chi connectivity index (χ0v) is 13.8. The first-order chi connectivity index (χ1) is 10.7. The Morgan fingerprint density at radius 3 is 2.82 bits per heavy atom. The van der Waals surface area contributed by atoms with Gasteiger partial charge in [-0.3, -0.25) is 4.79 Å². The van der Waals surface area contributed by atoms with Crippen LogP contribution in [-0.2, 0) is 11.2 Å². The molecule has 22 heavy (non-hydrogen) atoms. The average molecular weight is 304 g/mol. The third-order valence-electron chi connectivity index (χ3n) is 4.41. The lowest BCUT2D eigenvalue weighted by Crippen LogP contribution is -2.40. The summed E-state index contributed by atoms with van der Waals surface area (Å²) in [5, 5.41) is 3.40. The number of nitrogens with zero attached hydrogens (tertiary/aromatic N) is 1. The maximum atomic E-state index is 12.3. The third kappa shape index (κ3) is 5.02. The van der Waals surface area contributed by atoms with Gasteiger partial charge in [0.2, 0.25) is 5.91 Å². The summed E-state index contributed by atoms with van der Waals surface area (Å²) in [4.78, 5) is 14.4. The number of amides is 1. The van der Waals surface area contributed by atoms with Gasteiger partial charge in [-0.25, -0.2) is 0 Å².